The smallest absolute Gasteiger partial charge is 0.253 e. The maximum absolute atomic E-state index is 13.8. The van der Waals surface area contributed by atoms with Crippen LogP contribution in [0.15, 0.2) is 0 Å². The minimum atomic E-state index is -1.66. The van der Waals surface area contributed by atoms with E-state index >= 15 is 0 Å². The molecule has 2 rings (SSSR count). The Bertz CT molecular complexity index is 558. The van der Waals surface area contributed by atoms with Crippen LogP contribution in [0.1, 0.15) is 13.3 Å². The molecule has 1 saturated heterocycles. The Hall–Kier alpha value is -1.90. The van der Waals surface area contributed by atoms with Crippen molar-refractivity contribution in [2.75, 3.05) is 44.2 Å². The van der Waals surface area contributed by atoms with Crippen LogP contribution >= 0.6 is 0 Å². The number of aromatic nitrogens is 1. The molecule has 0 radical (unpaired) electrons. The number of hydrogen-bond donors (Lipinski definition) is 1. The van der Waals surface area contributed by atoms with E-state index in [2.05, 4.69) is 10.3 Å². The SMILES string of the molecule is CCNC(=O)CN1CCCN(c2c(F)c(F)nc(F)c2F)CC1. The summed E-state index contributed by atoms with van der Waals surface area (Å²) in [4.78, 5) is 17.2. The molecule has 1 aliphatic rings. The quantitative estimate of drug-likeness (QED) is 0.666. The molecule has 1 aromatic heterocycles. The van der Waals surface area contributed by atoms with Crippen molar-refractivity contribution in [3.8, 4) is 0 Å². The topological polar surface area (TPSA) is 48.5 Å². The van der Waals surface area contributed by atoms with E-state index in [9.17, 15) is 22.4 Å². The van der Waals surface area contributed by atoms with Crippen molar-refractivity contribution in [3.63, 3.8) is 0 Å². The van der Waals surface area contributed by atoms with Crippen molar-refractivity contribution >= 4 is 11.6 Å². The first kappa shape index (κ1) is 17.5. The minimum absolute atomic E-state index is 0.140. The molecule has 1 aromatic rings. The van der Waals surface area contributed by atoms with E-state index in [1.54, 1.807) is 6.92 Å². The van der Waals surface area contributed by atoms with Gasteiger partial charge in [-0.1, -0.05) is 0 Å². The van der Waals surface area contributed by atoms with Crippen molar-refractivity contribution in [2.45, 2.75) is 13.3 Å². The third-order valence-electron chi connectivity index (χ3n) is 3.62. The van der Waals surface area contributed by atoms with Crippen molar-refractivity contribution in [1.82, 2.24) is 15.2 Å². The molecule has 0 spiro atoms. The summed E-state index contributed by atoms with van der Waals surface area (Å²) in [6.45, 7) is 3.77. The number of pyridine rings is 1. The standard InChI is InChI=1S/C14H18F4N4O/c1-2-19-9(23)8-21-4-3-5-22(7-6-21)12-10(15)13(17)20-14(18)11(12)16/h2-8H2,1H3,(H,19,23). The van der Waals surface area contributed by atoms with Gasteiger partial charge in [-0.05, 0) is 13.3 Å². The lowest BCUT2D eigenvalue weighted by Crippen LogP contribution is -2.39. The predicted molar refractivity (Wildman–Crippen MR) is 76.0 cm³/mol. The van der Waals surface area contributed by atoms with Gasteiger partial charge in [-0.25, -0.2) is 0 Å². The molecule has 1 fully saturated rings. The average Bonchev–Trinajstić information content (AvgIpc) is 2.72. The first-order chi connectivity index (χ1) is 10.9. The molecule has 0 aliphatic carbocycles. The highest BCUT2D eigenvalue weighted by Crippen LogP contribution is 2.27. The maximum Gasteiger partial charge on any atom is 0.253 e. The van der Waals surface area contributed by atoms with Gasteiger partial charge >= 0.3 is 0 Å². The Kier molecular flexibility index (Phi) is 5.75. The van der Waals surface area contributed by atoms with E-state index in [1.165, 1.54) is 4.90 Å². The van der Waals surface area contributed by atoms with Crippen molar-refractivity contribution in [3.05, 3.63) is 23.5 Å². The zero-order valence-corrected chi connectivity index (χ0v) is 12.7. The van der Waals surface area contributed by atoms with Crippen LogP contribution in [0.25, 0.3) is 0 Å². The second-order valence-corrected chi connectivity index (χ2v) is 5.24. The lowest BCUT2D eigenvalue weighted by atomic mass is 10.3. The summed E-state index contributed by atoms with van der Waals surface area (Å²) in [7, 11) is 0. The van der Waals surface area contributed by atoms with E-state index in [-0.39, 0.29) is 25.5 Å². The molecule has 5 nitrogen and oxygen atoms in total. The van der Waals surface area contributed by atoms with Gasteiger partial charge in [0.15, 0.2) is 0 Å². The van der Waals surface area contributed by atoms with Crippen LogP contribution in [0.4, 0.5) is 23.2 Å². The van der Waals surface area contributed by atoms with Crippen LogP contribution in [0.2, 0.25) is 0 Å². The van der Waals surface area contributed by atoms with E-state index in [1.807, 2.05) is 4.90 Å². The molecule has 128 valence electrons. The highest BCUT2D eigenvalue weighted by atomic mass is 19.2. The maximum atomic E-state index is 13.8. The van der Waals surface area contributed by atoms with Gasteiger partial charge in [0.05, 0.1) is 6.54 Å². The number of halogens is 4. The van der Waals surface area contributed by atoms with Gasteiger partial charge in [0.25, 0.3) is 11.9 Å². The number of nitrogens with one attached hydrogen (secondary N) is 1. The number of anilines is 1. The third kappa shape index (κ3) is 4.10. The molecule has 0 unspecified atom stereocenters. The molecule has 1 aliphatic heterocycles. The van der Waals surface area contributed by atoms with E-state index < -0.39 is 29.2 Å². The highest BCUT2D eigenvalue weighted by molar-refractivity contribution is 5.77. The fourth-order valence-corrected chi connectivity index (χ4v) is 2.56. The summed E-state index contributed by atoms with van der Waals surface area (Å²) in [6.07, 6.45) is 0.504. The van der Waals surface area contributed by atoms with E-state index in [0.29, 0.717) is 26.1 Å². The minimum Gasteiger partial charge on any atom is -0.365 e. The second kappa shape index (κ2) is 7.58. The number of carbonyl (C=O) groups is 1. The molecule has 23 heavy (non-hydrogen) atoms. The van der Waals surface area contributed by atoms with Crippen molar-refractivity contribution in [2.24, 2.45) is 0 Å². The van der Waals surface area contributed by atoms with E-state index in [4.69, 9.17) is 0 Å². The lowest BCUT2D eigenvalue weighted by Gasteiger charge is -2.24. The van der Waals surface area contributed by atoms with Gasteiger partial charge in [-0.3, -0.25) is 9.69 Å². The summed E-state index contributed by atoms with van der Waals surface area (Å²) < 4.78 is 54.1. The van der Waals surface area contributed by atoms with Gasteiger partial charge in [-0.15, -0.1) is 0 Å². The summed E-state index contributed by atoms with van der Waals surface area (Å²) in [6, 6.07) is 0. The summed E-state index contributed by atoms with van der Waals surface area (Å²) in [5.74, 6) is -6.47. The normalized spacial score (nSPS) is 16.3. The molecule has 0 saturated carbocycles. The number of hydrogen-bond acceptors (Lipinski definition) is 4. The molecule has 0 bridgehead atoms. The summed E-state index contributed by atoms with van der Waals surface area (Å²) in [5, 5.41) is 2.67. The molecule has 1 N–H and O–H groups in total. The van der Waals surface area contributed by atoms with Crippen LogP contribution in [-0.2, 0) is 4.79 Å². The van der Waals surface area contributed by atoms with Crippen molar-refractivity contribution in [1.29, 1.82) is 0 Å². The van der Waals surface area contributed by atoms with Crippen LogP contribution in [0, 0.1) is 23.5 Å². The molecule has 0 aromatic carbocycles. The van der Waals surface area contributed by atoms with E-state index in [0.717, 1.165) is 0 Å². The zero-order chi connectivity index (χ0) is 17.0. The van der Waals surface area contributed by atoms with Gasteiger partial charge < -0.3 is 10.2 Å². The summed E-state index contributed by atoms with van der Waals surface area (Å²) in [5.41, 5.74) is -0.741. The Balaban J connectivity index is 2.11. The first-order valence-corrected chi connectivity index (χ1v) is 7.38. The largest absolute Gasteiger partial charge is 0.365 e. The second-order valence-electron chi connectivity index (χ2n) is 5.24. The van der Waals surface area contributed by atoms with Crippen LogP contribution < -0.4 is 10.2 Å². The highest BCUT2D eigenvalue weighted by Gasteiger charge is 2.27. The monoisotopic (exact) mass is 334 g/mol. The molecule has 9 heteroatoms. The third-order valence-corrected chi connectivity index (χ3v) is 3.62. The van der Waals surface area contributed by atoms with Gasteiger partial charge in [0, 0.05) is 32.7 Å². The Morgan fingerprint density at radius 3 is 2.35 bits per heavy atom. The number of amides is 1. The number of carbonyl (C=O) groups excluding carboxylic acids is 1. The molecule has 2 heterocycles. The number of rotatable bonds is 4. The zero-order valence-electron chi connectivity index (χ0n) is 12.7. The van der Waals surface area contributed by atoms with Gasteiger partial charge in [-0.2, -0.15) is 22.5 Å². The van der Waals surface area contributed by atoms with Crippen molar-refractivity contribution < 1.29 is 22.4 Å². The fourth-order valence-electron chi connectivity index (χ4n) is 2.56. The summed E-state index contributed by atoms with van der Waals surface area (Å²) >= 11 is 0. The lowest BCUT2D eigenvalue weighted by molar-refractivity contribution is -0.122. The first-order valence-electron chi connectivity index (χ1n) is 7.38. The Morgan fingerprint density at radius 1 is 1.09 bits per heavy atom. The fraction of sp³-hybridized carbons (Fsp3) is 0.571. The van der Waals surface area contributed by atoms with Crippen LogP contribution in [0.5, 0.6) is 0 Å². The molecular weight excluding hydrogens is 316 g/mol. The Labute approximate surface area is 131 Å². The van der Waals surface area contributed by atoms with Gasteiger partial charge in [0.1, 0.15) is 5.69 Å². The Morgan fingerprint density at radius 2 is 1.74 bits per heavy atom. The number of likely N-dealkylation sites (N-methyl/N-ethyl adjacent to an activating group) is 1. The van der Waals surface area contributed by atoms with Crippen LogP contribution in [-0.4, -0.2) is 55.1 Å². The molecular formula is C14H18F4N4O. The predicted octanol–water partition coefficient (Wildman–Crippen LogP) is 1.29. The number of nitrogens with zero attached hydrogens (tertiary/aromatic N) is 3. The van der Waals surface area contributed by atoms with Gasteiger partial charge in [0.2, 0.25) is 17.5 Å². The van der Waals surface area contributed by atoms with Crippen LogP contribution in [0.3, 0.4) is 0 Å². The molecule has 1 amide bonds. The average molecular weight is 334 g/mol. The molecule has 0 atom stereocenters.